The third-order valence-electron chi connectivity index (χ3n) is 7.76. The maximum atomic E-state index is 13.9. The van der Waals surface area contributed by atoms with Crippen LogP contribution in [0.1, 0.15) is 38.5 Å². The molecule has 0 saturated carbocycles. The summed E-state index contributed by atoms with van der Waals surface area (Å²) in [5.74, 6) is -0.788. The molecule has 5 rings (SSSR count). The second-order valence-corrected chi connectivity index (χ2v) is 10.6. The van der Waals surface area contributed by atoms with Gasteiger partial charge in [0, 0.05) is 29.8 Å². The third-order valence-corrected chi connectivity index (χ3v) is 7.76. The van der Waals surface area contributed by atoms with Gasteiger partial charge in [0.05, 0.1) is 32.1 Å². The molecule has 2 amide bonds. The lowest BCUT2D eigenvalue weighted by atomic mass is 9.77. The third kappa shape index (κ3) is 5.79. The highest BCUT2D eigenvalue weighted by Gasteiger charge is 2.51. The van der Waals surface area contributed by atoms with E-state index in [1.165, 1.54) is 13.2 Å². The number of fused-ring (bicyclic) bond motifs is 3. The summed E-state index contributed by atoms with van der Waals surface area (Å²) in [6.45, 7) is 1.93. The Morgan fingerprint density at radius 2 is 1.81 bits per heavy atom. The summed E-state index contributed by atoms with van der Waals surface area (Å²) >= 11 is 0. The van der Waals surface area contributed by atoms with E-state index in [1.807, 2.05) is 61.5 Å². The number of benzene rings is 3. The molecular formula is C33H34N2O7. The first-order valence-electron chi connectivity index (χ1n) is 13.9. The highest BCUT2D eigenvalue weighted by molar-refractivity contribution is 5.96. The fourth-order valence-electron chi connectivity index (χ4n) is 5.68. The normalized spacial score (nSPS) is 20.4. The van der Waals surface area contributed by atoms with Gasteiger partial charge in [-0.15, -0.1) is 0 Å². The molecule has 3 aromatic rings. The van der Waals surface area contributed by atoms with E-state index >= 15 is 0 Å². The molecule has 0 saturated heterocycles. The van der Waals surface area contributed by atoms with Gasteiger partial charge >= 0.3 is 0 Å². The van der Waals surface area contributed by atoms with Crippen molar-refractivity contribution >= 4 is 18.1 Å². The molecule has 2 aliphatic rings. The average Bonchev–Trinajstić information content (AvgIpc) is 3.40. The Kier molecular flexibility index (Phi) is 8.70. The number of methoxy groups -OCH3 is 1. The van der Waals surface area contributed by atoms with Gasteiger partial charge in [0.1, 0.15) is 18.5 Å². The minimum atomic E-state index is -1.22. The Labute approximate surface area is 244 Å². The molecule has 1 aliphatic carbocycles. The molecule has 1 heterocycles. The van der Waals surface area contributed by atoms with E-state index in [0.717, 1.165) is 16.7 Å². The van der Waals surface area contributed by atoms with Crippen molar-refractivity contribution in [3.8, 4) is 11.5 Å². The van der Waals surface area contributed by atoms with Crippen LogP contribution in [0, 0.1) is 6.92 Å². The van der Waals surface area contributed by atoms with Crippen LogP contribution in [-0.4, -0.2) is 71.7 Å². The molecule has 0 unspecified atom stereocenters. The number of hydrogen-bond acceptors (Lipinski definition) is 7. The smallest absolute Gasteiger partial charge is 0.247 e. The first-order chi connectivity index (χ1) is 20.3. The number of nitrogens with zero attached hydrogens (tertiary/aromatic N) is 1. The van der Waals surface area contributed by atoms with E-state index in [-0.39, 0.29) is 37.6 Å². The number of carbonyl (C=O) groups is 3. The van der Waals surface area contributed by atoms with Crippen molar-refractivity contribution in [2.24, 2.45) is 0 Å². The van der Waals surface area contributed by atoms with E-state index in [0.29, 0.717) is 28.9 Å². The number of aryl methyl sites for hydroxylation is 1. The largest absolute Gasteiger partial charge is 0.493 e. The van der Waals surface area contributed by atoms with Gasteiger partial charge in [-0.3, -0.25) is 14.4 Å². The van der Waals surface area contributed by atoms with Crippen LogP contribution in [0.15, 0.2) is 78.4 Å². The SMILES string of the molecule is COc1cc(C=O)cc2c1O[C@@H]1[C@@H](O)[C@H](N(Cc3ccc(C)cc3)C(=O)Cc3ccccc3)C=C(C(=O)NCCO)[C@H]21. The van der Waals surface area contributed by atoms with E-state index in [4.69, 9.17) is 9.47 Å². The van der Waals surface area contributed by atoms with Gasteiger partial charge in [-0.1, -0.05) is 60.2 Å². The highest BCUT2D eigenvalue weighted by atomic mass is 16.5. The molecule has 9 heteroatoms. The van der Waals surface area contributed by atoms with E-state index in [1.54, 1.807) is 17.0 Å². The Hall–Kier alpha value is -4.47. The molecule has 0 radical (unpaired) electrons. The molecule has 218 valence electrons. The molecule has 3 N–H and O–H groups in total. The number of aldehydes is 1. The number of aliphatic hydroxyl groups excluding tert-OH is 2. The van der Waals surface area contributed by atoms with Crippen LogP contribution in [0.4, 0.5) is 0 Å². The fourth-order valence-corrected chi connectivity index (χ4v) is 5.68. The van der Waals surface area contributed by atoms with Crippen molar-refractivity contribution in [3.05, 3.63) is 106 Å². The first-order valence-corrected chi connectivity index (χ1v) is 13.9. The summed E-state index contributed by atoms with van der Waals surface area (Å²) in [6, 6.07) is 19.4. The quantitative estimate of drug-likeness (QED) is 0.320. The highest BCUT2D eigenvalue weighted by Crippen LogP contribution is 2.51. The number of carbonyl (C=O) groups excluding carboxylic acids is 3. The van der Waals surface area contributed by atoms with Gasteiger partial charge in [0.2, 0.25) is 11.8 Å². The molecule has 4 atom stereocenters. The molecule has 0 bridgehead atoms. The molecule has 3 aromatic carbocycles. The lowest BCUT2D eigenvalue weighted by molar-refractivity contribution is -0.137. The Morgan fingerprint density at radius 1 is 1.07 bits per heavy atom. The molecule has 0 spiro atoms. The monoisotopic (exact) mass is 570 g/mol. The van der Waals surface area contributed by atoms with Crippen LogP contribution in [0.2, 0.25) is 0 Å². The number of nitrogens with one attached hydrogen (secondary N) is 1. The van der Waals surface area contributed by atoms with E-state index in [9.17, 15) is 24.6 Å². The van der Waals surface area contributed by atoms with Gasteiger partial charge in [-0.25, -0.2) is 0 Å². The average molecular weight is 571 g/mol. The molecular weight excluding hydrogens is 536 g/mol. The van der Waals surface area contributed by atoms with Crippen LogP contribution in [-0.2, 0) is 22.6 Å². The van der Waals surface area contributed by atoms with E-state index < -0.39 is 30.1 Å². The van der Waals surface area contributed by atoms with Gasteiger partial charge in [0.15, 0.2) is 11.5 Å². The summed E-state index contributed by atoms with van der Waals surface area (Å²) in [6.07, 6.45) is 0.242. The lowest BCUT2D eigenvalue weighted by Crippen LogP contribution is -2.55. The lowest BCUT2D eigenvalue weighted by Gasteiger charge is -2.41. The van der Waals surface area contributed by atoms with Crippen molar-refractivity contribution in [2.75, 3.05) is 20.3 Å². The summed E-state index contributed by atoms with van der Waals surface area (Å²) in [5.41, 5.74) is 3.90. The van der Waals surface area contributed by atoms with Gasteiger partial charge in [0.25, 0.3) is 0 Å². The van der Waals surface area contributed by atoms with Crippen molar-refractivity contribution < 1.29 is 34.1 Å². The zero-order valence-electron chi connectivity index (χ0n) is 23.5. The van der Waals surface area contributed by atoms with Gasteiger partial charge < -0.3 is 29.9 Å². The molecule has 0 aromatic heterocycles. The Morgan fingerprint density at radius 3 is 2.48 bits per heavy atom. The molecule has 42 heavy (non-hydrogen) atoms. The van der Waals surface area contributed by atoms with Crippen molar-refractivity contribution in [2.45, 2.75) is 44.1 Å². The maximum absolute atomic E-state index is 13.9. The van der Waals surface area contributed by atoms with Crippen LogP contribution in [0.5, 0.6) is 11.5 Å². The summed E-state index contributed by atoms with van der Waals surface area (Å²) < 4.78 is 11.8. The first kappa shape index (κ1) is 29.0. The number of ether oxygens (including phenoxy) is 2. The standard InChI is InChI=1S/C33H34N2O7/c1-20-8-10-22(11-9-20)18-35(28(38)16-21-6-4-3-5-7-21)26-17-25(33(40)34-12-13-36)29-24-14-23(19-37)15-27(41-2)31(24)42-32(29)30(26)39/h3-11,14-15,17,19,26,29-30,32,36,39H,12-13,16,18H2,1-2H3,(H,34,40)/t26-,29+,30+,32+/m1/s1. The second-order valence-electron chi connectivity index (χ2n) is 10.6. The topological polar surface area (TPSA) is 125 Å². The second kappa shape index (κ2) is 12.6. The fraction of sp³-hybridized carbons (Fsp3) is 0.303. The zero-order chi connectivity index (χ0) is 29.8. The Bertz CT molecular complexity index is 1490. The minimum Gasteiger partial charge on any atom is -0.493 e. The van der Waals surface area contributed by atoms with E-state index in [2.05, 4.69) is 5.32 Å². The summed E-state index contributed by atoms with van der Waals surface area (Å²) in [5, 5.41) is 23.9. The summed E-state index contributed by atoms with van der Waals surface area (Å²) in [7, 11) is 1.45. The number of amides is 2. The predicted octanol–water partition coefficient (Wildman–Crippen LogP) is 2.71. The minimum absolute atomic E-state index is 0.0201. The number of hydrogen-bond donors (Lipinski definition) is 3. The molecule has 9 nitrogen and oxygen atoms in total. The maximum Gasteiger partial charge on any atom is 0.247 e. The number of rotatable bonds is 10. The van der Waals surface area contributed by atoms with Crippen molar-refractivity contribution in [1.29, 1.82) is 0 Å². The van der Waals surface area contributed by atoms with Gasteiger partial charge in [-0.2, -0.15) is 0 Å². The summed E-state index contributed by atoms with van der Waals surface area (Å²) in [4.78, 5) is 40.7. The van der Waals surface area contributed by atoms with Gasteiger partial charge in [-0.05, 0) is 36.3 Å². The molecule has 0 fully saturated rings. The van der Waals surface area contributed by atoms with Crippen molar-refractivity contribution in [3.63, 3.8) is 0 Å². The van der Waals surface area contributed by atoms with Crippen LogP contribution < -0.4 is 14.8 Å². The van der Waals surface area contributed by atoms with Crippen LogP contribution >= 0.6 is 0 Å². The van der Waals surface area contributed by atoms with Crippen LogP contribution in [0.3, 0.4) is 0 Å². The zero-order valence-corrected chi connectivity index (χ0v) is 23.5. The molecule has 1 aliphatic heterocycles. The van der Waals surface area contributed by atoms with Crippen molar-refractivity contribution in [1.82, 2.24) is 10.2 Å². The van der Waals surface area contributed by atoms with Crippen LogP contribution in [0.25, 0.3) is 0 Å². The predicted molar refractivity (Wildman–Crippen MR) is 155 cm³/mol. The number of aliphatic hydroxyl groups is 2. The Balaban J connectivity index is 1.59.